The molecule has 0 radical (unpaired) electrons. The minimum atomic E-state index is -0.515. The van der Waals surface area contributed by atoms with Gasteiger partial charge in [0.05, 0.1) is 5.69 Å². The summed E-state index contributed by atoms with van der Waals surface area (Å²) in [7, 11) is 0. The van der Waals surface area contributed by atoms with Crippen molar-refractivity contribution >= 4 is 22.4 Å². The summed E-state index contributed by atoms with van der Waals surface area (Å²) in [6, 6.07) is 19.1. The summed E-state index contributed by atoms with van der Waals surface area (Å²) in [6.07, 6.45) is 5.80. The van der Waals surface area contributed by atoms with Gasteiger partial charge in [-0.2, -0.15) is 5.10 Å². The molecule has 3 heterocycles. The monoisotopic (exact) mass is 437 g/mol. The summed E-state index contributed by atoms with van der Waals surface area (Å²) >= 11 is 0. The molecule has 0 spiro atoms. The summed E-state index contributed by atoms with van der Waals surface area (Å²) in [4.78, 5) is 11.5. The Balaban J connectivity index is 1.22. The van der Waals surface area contributed by atoms with Crippen molar-refractivity contribution in [2.45, 2.75) is 19.9 Å². The Bertz CT molecular complexity index is 1390. The van der Waals surface area contributed by atoms with Crippen molar-refractivity contribution in [3.63, 3.8) is 0 Å². The highest BCUT2D eigenvalue weighted by Gasteiger charge is 2.31. The molecule has 2 unspecified atom stereocenters. The van der Waals surface area contributed by atoms with E-state index in [2.05, 4.69) is 69.7 Å². The third-order valence-corrected chi connectivity index (χ3v) is 7.11. The molecule has 1 aliphatic heterocycles. The standard InChI is InChI=1S/C27H27N5O/c1-17-10-25(27(28)33)30-32(17)24-6-7-26-20(13-24)8-9-31(26)16-18-2-4-19(5-3-18)21-11-22-14-29-15-23(22)12-21/h2-11,13,22-23,29H,12,14-16H2,1H3,(H2,28,33). The van der Waals surface area contributed by atoms with E-state index < -0.39 is 5.91 Å². The number of hydrogen-bond acceptors (Lipinski definition) is 3. The molecular formula is C27H27N5O. The predicted octanol–water partition coefficient (Wildman–Crippen LogP) is 3.91. The molecule has 0 saturated carbocycles. The fourth-order valence-electron chi connectivity index (χ4n) is 5.33. The molecule has 2 aromatic heterocycles. The Hall–Kier alpha value is -3.64. The Morgan fingerprint density at radius 2 is 1.97 bits per heavy atom. The normalized spacial score (nSPS) is 19.7. The van der Waals surface area contributed by atoms with Gasteiger partial charge in [0.15, 0.2) is 5.69 Å². The van der Waals surface area contributed by atoms with E-state index in [1.807, 2.05) is 13.0 Å². The highest BCUT2D eigenvalue weighted by molar-refractivity contribution is 5.91. The average Bonchev–Trinajstić information content (AvgIpc) is 3.57. The lowest BCUT2D eigenvalue weighted by Gasteiger charge is -2.10. The maximum absolute atomic E-state index is 11.5. The van der Waals surface area contributed by atoms with Gasteiger partial charge in [-0.25, -0.2) is 4.68 Å². The van der Waals surface area contributed by atoms with Gasteiger partial charge in [-0.05, 0) is 78.8 Å². The van der Waals surface area contributed by atoms with Crippen LogP contribution in [0.25, 0.3) is 22.2 Å². The fraction of sp³-hybridized carbons (Fsp3) is 0.259. The van der Waals surface area contributed by atoms with E-state index in [-0.39, 0.29) is 5.69 Å². The van der Waals surface area contributed by atoms with E-state index >= 15 is 0 Å². The second-order valence-corrected chi connectivity index (χ2v) is 9.31. The second-order valence-electron chi connectivity index (χ2n) is 9.31. The zero-order valence-corrected chi connectivity index (χ0v) is 18.7. The summed E-state index contributed by atoms with van der Waals surface area (Å²) in [5, 5.41) is 8.98. The molecule has 166 valence electrons. The van der Waals surface area contributed by atoms with E-state index in [9.17, 15) is 4.79 Å². The molecule has 6 rings (SSSR count). The van der Waals surface area contributed by atoms with Crippen molar-refractivity contribution in [2.24, 2.45) is 17.6 Å². The summed E-state index contributed by atoms with van der Waals surface area (Å²) in [6.45, 7) is 5.02. The fourth-order valence-corrected chi connectivity index (χ4v) is 5.33. The molecule has 6 heteroatoms. The number of nitrogens with two attached hydrogens (primary N) is 1. The first-order valence-electron chi connectivity index (χ1n) is 11.5. The van der Waals surface area contributed by atoms with Gasteiger partial charge >= 0.3 is 0 Å². The van der Waals surface area contributed by atoms with Crippen molar-refractivity contribution < 1.29 is 4.79 Å². The van der Waals surface area contributed by atoms with Crippen LogP contribution in [0.5, 0.6) is 0 Å². The van der Waals surface area contributed by atoms with E-state index in [4.69, 9.17) is 5.73 Å². The number of nitrogens with one attached hydrogen (secondary N) is 1. The SMILES string of the molecule is Cc1cc(C(N)=O)nn1-c1ccc2c(ccn2Cc2ccc(C3=CC4CNCC4C3)cc2)c1. The predicted molar refractivity (Wildman–Crippen MR) is 130 cm³/mol. The highest BCUT2D eigenvalue weighted by atomic mass is 16.1. The number of rotatable bonds is 5. The lowest BCUT2D eigenvalue weighted by Crippen LogP contribution is -2.12. The van der Waals surface area contributed by atoms with Crippen LogP contribution < -0.4 is 11.1 Å². The number of primary amides is 1. The van der Waals surface area contributed by atoms with E-state index in [0.717, 1.165) is 42.3 Å². The van der Waals surface area contributed by atoms with Crippen LogP contribution in [0, 0.1) is 18.8 Å². The molecule has 4 aromatic rings. The number of nitrogens with zero attached hydrogens (tertiary/aromatic N) is 3. The number of carbonyl (C=O) groups is 1. The van der Waals surface area contributed by atoms with Gasteiger partial charge in [0.1, 0.15) is 0 Å². The molecule has 1 saturated heterocycles. The molecule has 2 aliphatic rings. The molecule has 33 heavy (non-hydrogen) atoms. The van der Waals surface area contributed by atoms with Crippen molar-refractivity contribution in [1.82, 2.24) is 19.7 Å². The van der Waals surface area contributed by atoms with Crippen LogP contribution in [0.4, 0.5) is 0 Å². The van der Waals surface area contributed by atoms with Crippen molar-refractivity contribution in [3.8, 4) is 5.69 Å². The smallest absolute Gasteiger partial charge is 0.269 e. The number of amides is 1. The first-order chi connectivity index (χ1) is 16.0. The van der Waals surface area contributed by atoms with Crippen LogP contribution in [0.15, 0.2) is 66.9 Å². The first kappa shape index (κ1) is 20.0. The van der Waals surface area contributed by atoms with Gasteiger partial charge in [-0.3, -0.25) is 4.79 Å². The Labute approximate surface area is 192 Å². The van der Waals surface area contributed by atoms with Crippen LogP contribution in [0.3, 0.4) is 0 Å². The summed E-state index contributed by atoms with van der Waals surface area (Å²) in [5.74, 6) is 0.978. The Morgan fingerprint density at radius 3 is 2.73 bits per heavy atom. The number of benzene rings is 2. The number of fused-ring (bicyclic) bond motifs is 2. The topological polar surface area (TPSA) is 77.9 Å². The third kappa shape index (κ3) is 3.56. The molecule has 6 nitrogen and oxygen atoms in total. The zero-order valence-electron chi connectivity index (χ0n) is 18.7. The van der Waals surface area contributed by atoms with Gasteiger partial charge in [0, 0.05) is 35.9 Å². The summed E-state index contributed by atoms with van der Waals surface area (Å²) < 4.78 is 4.03. The maximum Gasteiger partial charge on any atom is 0.269 e. The van der Waals surface area contributed by atoms with Gasteiger partial charge < -0.3 is 15.6 Å². The van der Waals surface area contributed by atoms with Gasteiger partial charge in [0.2, 0.25) is 0 Å². The largest absolute Gasteiger partial charge is 0.364 e. The van der Waals surface area contributed by atoms with E-state index in [1.54, 1.807) is 10.7 Å². The van der Waals surface area contributed by atoms with Crippen molar-refractivity contribution in [1.29, 1.82) is 0 Å². The number of carbonyl (C=O) groups excluding carboxylic acids is 1. The lowest BCUT2D eigenvalue weighted by molar-refractivity contribution is 0.0995. The first-order valence-corrected chi connectivity index (χ1v) is 11.5. The zero-order chi connectivity index (χ0) is 22.5. The van der Waals surface area contributed by atoms with Crippen LogP contribution in [0.1, 0.15) is 33.7 Å². The number of aryl methyl sites for hydroxylation is 1. The minimum absolute atomic E-state index is 0.279. The molecule has 1 fully saturated rings. The molecule has 2 atom stereocenters. The number of allylic oxidation sites excluding steroid dienone is 1. The third-order valence-electron chi connectivity index (χ3n) is 7.11. The minimum Gasteiger partial charge on any atom is -0.364 e. The van der Waals surface area contributed by atoms with Crippen LogP contribution >= 0.6 is 0 Å². The summed E-state index contributed by atoms with van der Waals surface area (Å²) in [5.41, 5.74) is 12.8. The van der Waals surface area contributed by atoms with Crippen molar-refractivity contribution in [2.75, 3.05) is 13.1 Å². The van der Waals surface area contributed by atoms with Gasteiger partial charge in [-0.1, -0.05) is 30.3 Å². The maximum atomic E-state index is 11.5. The van der Waals surface area contributed by atoms with E-state index in [1.165, 1.54) is 28.6 Å². The quantitative estimate of drug-likeness (QED) is 0.497. The Morgan fingerprint density at radius 1 is 1.12 bits per heavy atom. The number of aromatic nitrogens is 3. The van der Waals surface area contributed by atoms with Crippen LogP contribution in [0.2, 0.25) is 0 Å². The Kier molecular flexibility index (Phi) is 4.69. The van der Waals surface area contributed by atoms with Crippen molar-refractivity contribution in [3.05, 3.63) is 89.4 Å². The molecular weight excluding hydrogens is 410 g/mol. The second kappa shape index (κ2) is 7.74. The van der Waals surface area contributed by atoms with Gasteiger partial charge in [0.25, 0.3) is 5.91 Å². The highest BCUT2D eigenvalue weighted by Crippen LogP contribution is 2.38. The lowest BCUT2D eigenvalue weighted by atomic mass is 9.98. The van der Waals surface area contributed by atoms with Gasteiger partial charge in [-0.15, -0.1) is 0 Å². The van der Waals surface area contributed by atoms with E-state index in [0.29, 0.717) is 5.92 Å². The molecule has 3 N–H and O–H groups in total. The average molecular weight is 438 g/mol. The molecule has 1 aliphatic carbocycles. The van der Waals surface area contributed by atoms with Crippen LogP contribution in [-0.2, 0) is 6.54 Å². The molecule has 1 amide bonds. The molecule has 0 bridgehead atoms. The number of hydrogen-bond donors (Lipinski definition) is 2. The van der Waals surface area contributed by atoms with Crippen LogP contribution in [-0.4, -0.2) is 33.3 Å². The molecule has 2 aromatic carbocycles.